The molecule has 2 aliphatic heterocycles. The van der Waals surface area contributed by atoms with Crippen LogP contribution in [0, 0.1) is 0 Å². The number of anilines is 4. The van der Waals surface area contributed by atoms with Crippen molar-refractivity contribution in [1.29, 1.82) is 0 Å². The summed E-state index contributed by atoms with van der Waals surface area (Å²) in [5.74, 6) is 0. The number of nitrogens with zero attached hydrogens (tertiary/aromatic N) is 2. The van der Waals surface area contributed by atoms with Gasteiger partial charge in [0.25, 0.3) is 0 Å². The quantitative estimate of drug-likeness (QED) is 0.589. The smallest absolute Gasteiger partial charge is 0.0467 e. The van der Waals surface area contributed by atoms with Crippen LogP contribution in [0.3, 0.4) is 0 Å². The van der Waals surface area contributed by atoms with Gasteiger partial charge in [0.1, 0.15) is 0 Å². The van der Waals surface area contributed by atoms with E-state index in [0.29, 0.717) is 0 Å². The lowest BCUT2D eigenvalue weighted by atomic mass is 9.89. The summed E-state index contributed by atoms with van der Waals surface area (Å²) in [5, 5.41) is 0. The fourth-order valence-electron chi connectivity index (χ4n) is 4.44. The number of hydrogen-bond donors (Lipinski definition) is 0. The molecule has 0 bridgehead atoms. The Morgan fingerprint density at radius 3 is 2.00 bits per heavy atom. The van der Waals surface area contributed by atoms with Crippen LogP contribution in [0.25, 0.3) is 0 Å². The van der Waals surface area contributed by atoms with E-state index in [-0.39, 0.29) is 0 Å². The average Bonchev–Trinajstić information content (AvgIpc) is 2.65. The Labute approximate surface area is 149 Å². The van der Waals surface area contributed by atoms with Crippen molar-refractivity contribution in [2.24, 2.45) is 0 Å². The number of benzene rings is 3. The first kappa shape index (κ1) is 14.6. The summed E-state index contributed by atoms with van der Waals surface area (Å²) in [4.78, 5) is 4.81. The highest BCUT2D eigenvalue weighted by Gasteiger charge is 2.26. The van der Waals surface area contributed by atoms with Gasteiger partial charge in [-0.2, -0.15) is 0 Å². The van der Waals surface area contributed by atoms with Gasteiger partial charge < -0.3 is 9.80 Å². The van der Waals surface area contributed by atoms with Crippen LogP contribution in [-0.2, 0) is 12.8 Å². The molecule has 3 aromatic carbocycles. The topological polar surface area (TPSA) is 6.48 Å². The van der Waals surface area contributed by atoms with Gasteiger partial charge in [-0.3, -0.25) is 0 Å². The van der Waals surface area contributed by atoms with E-state index in [1.807, 2.05) is 0 Å². The van der Waals surface area contributed by atoms with Crippen LogP contribution in [0.15, 0.2) is 60.7 Å². The lowest BCUT2D eigenvalue weighted by molar-refractivity contribution is 0.949. The van der Waals surface area contributed by atoms with Crippen LogP contribution < -0.4 is 9.80 Å². The first-order valence-corrected chi connectivity index (χ1v) is 9.09. The number of fused-ring (bicyclic) bond motifs is 4. The van der Waals surface area contributed by atoms with E-state index >= 15 is 0 Å². The maximum Gasteiger partial charge on any atom is 0.0467 e. The third kappa shape index (κ3) is 2.10. The number of rotatable bonds is 1. The molecule has 2 aliphatic rings. The largest absolute Gasteiger partial charge is 0.344 e. The summed E-state index contributed by atoms with van der Waals surface area (Å²) in [6.45, 7) is 3.23. The van der Waals surface area contributed by atoms with Crippen molar-refractivity contribution in [3.8, 4) is 0 Å². The Kier molecular flexibility index (Phi) is 3.14. The molecule has 124 valence electrons. The lowest BCUT2D eigenvalue weighted by Crippen LogP contribution is -2.25. The summed E-state index contributed by atoms with van der Waals surface area (Å²) in [6.07, 6.45) is 2.05. The monoisotopic (exact) mass is 326 g/mol. The molecule has 0 unspecified atom stereocenters. The van der Waals surface area contributed by atoms with Crippen molar-refractivity contribution in [2.75, 3.05) is 23.4 Å². The highest BCUT2D eigenvalue weighted by Crippen LogP contribution is 2.45. The van der Waals surface area contributed by atoms with Crippen molar-refractivity contribution in [1.82, 2.24) is 0 Å². The Bertz CT molecular complexity index is 974. The van der Waals surface area contributed by atoms with Crippen molar-refractivity contribution in [2.45, 2.75) is 19.8 Å². The molecular formula is C23H22N2. The molecule has 25 heavy (non-hydrogen) atoms. The average molecular weight is 326 g/mol. The molecule has 2 heteroatoms. The zero-order chi connectivity index (χ0) is 17.0. The van der Waals surface area contributed by atoms with E-state index in [9.17, 15) is 0 Å². The second-order valence-corrected chi connectivity index (χ2v) is 7.02. The first-order chi connectivity index (χ1) is 12.3. The highest BCUT2D eigenvalue weighted by atomic mass is 15.2. The van der Waals surface area contributed by atoms with Crippen LogP contribution in [0.1, 0.15) is 29.2 Å². The zero-order valence-electron chi connectivity index (χ0n) is 14.8. The molecule has 0 fully saturated rings. The van der Waals surface area contributed by atoms with Crippen LogP contribution in [0.2, 0.25) is 0 Å². The summed E-state index contributed by atoms with van der Waals surface area (Å²) >= 11 is 0. The molecule has 0 aliphatic carbocycles. The van der Waals surface area contributed by atoms with Gasteiger partial charge in [0.05, 0.1) is 0 Å². The zero-order valence-corrected chi connectivity index (χ0v) is 14.8. The van der Waals surface area contributed by atoms with Crippen LogP contribution >= 0.6 is 0 Å². The third-order valence-corrected chi connectivity index (χ3v) is 5.65. The van der Waals surface area contributed by atoms with Gasteiger partial charge in [0.2, 0.25) is 0 Å². The molecule has 5 rings (SSSR count). The van der Waals surface area contributed by atoms with Gasteiger partial charge in [0, 0.05) is 49.2 Å². The van der Waals surface area contributed by atoms with Gasteiger partial charge >= 0.3 is 0 Å². The minimum absolute atomic E-state index is 0.989. The fourth-order valence-corrected chi connectivity index (χ4v) is 4.44. The van der Waals surface area contributed by atoms with E-state index < -0.39 is 0 Å². The molecular weight excluding hydrogens is 304 g/mol. The summed E-state index contributed by atoms with van der Waals surface area (Å²) < 4.78 is 0. The molecule has 0 spiro atoms. The number of para-hydroxylation sites is 2. The van der Waals surface area contributed by atoms with Gasteiger partial charge in [-0.1, -0.05) is 42.5 Å². The fraction of sp³-hybridized carbons (Fsp3) is 0.217. The Balaban J connectivity index is 1.68. The molecule has 0 N–H and O–H groups in total. The minimum atomic E-state index is 0.989. The minimum Gasteiger partial charge on any atom is -0.344 e. The maximum absolute atomic E-state index is 2.46. The first-order valence-electron chi connectivity index (χ1n) is 9.09. The van der Waals surface area contributed by atoms with E-state index in [1.165, 1.54) is 45.0 Å². The second-order valence-electron chi connectivity index (χ2n) is 7.02. The molecule has 3 aromatic rings. The van der Waals surface area contributed by atoms with Crippen LogP contribution in [-0.4, -0.2) is 13.6 Å². The molecule has 0 saturated heterocycles. The SMILES string of the molecule is CCN1c2ccccc2Cc2cc3c(cc21)N(C)c1ccccc1C3. The lowest BCUT2D eigenvalue weighted by Gasteiger charge is -2.36. The van der Waals surface area contributed by atoms with Gasteiger partial charge in [-0.15, -0.1) is 0 Å². The normalized spacial score (nSPS) is 14.5. The van der Waals surface area contributed by atoms with E-state index in [4.69, 9.17) is 0 Å². The predicted molar refractivity (Wildman–Crippen MR) is 106 cm³/mol. The van der Waals surface area contributed by atoms with Gasteiger partial charge in [-0.25, -0.2) is 0 Å². The molecule has 0 aromatic heterocycles. The predicted octanol–water partition coefficient (Wildman–Crippen LogP) is 5.42. The molecule has 0 atom stereocenters. The van der Waals surface area contributed by atoms with E-state index in [0.717, 1.165) is 19.4 Å². The number of hydrogen-bond acceptors (Lipinski definition) is 2. The molecule has 2 nitrogen and oxygen atoms in total. The van der Waals surface area contributed by atoms with Crippen molar-refractivity contribution in [3.05, 3.63) is 82.9 Å². The Hall–Kier alpha value is -2.74. The van der Waals surface area contributed by atoms with Crippen molar-refractivity contribution in [3.63, 3.8) is 0 Å². The highest BCUT2D eigenvalue weighted by molar-refractivity contribution is 5.82. The van der Waals surface area contributed by atoms with E-state index in [2.05, 4.69) is 84.4 Å². The molecule has 0 saturated carbocycles. The summed E-state index contributed by atoms with van der Waals surface area (Å²) in [6, 6.07) is 22.4. The molecule has 0 radical (unpaired) electrons. The van der Waals surface area contributed by atoms with Crippen LogP contribution in [0.5, 0.6) is 0 Å². The Morgan fingerprint density at radius 1 is 0.680 bits per heavy atom. The second kappa shape index (κ2) is 5.38. The van der Waals surface area contributed by atoms with Gasteiger partial charge in [0.15, 0.2) is 0 Å². The van der Waals surface area contributed by atoms with Crippen molar-refractivity contribution < 1.29 is 0 Å². The molecule has 0 amide bonds. The van der Waals surface area contributed by atoms with E-state index in [1.54, 1.807) is 0 Å². The maximum atomic E-state index is 2.46. The standard InChI is InChI=1S/C23H22N2/c1-3-25-21-11-7-5-9-17(21)13-19-14-18-12-16-8-4-6-10-20(16)24(2)22(18)15-23(19)25/h4-11,14-15H,3,12-13H2,1-2H3. The van der Waals surface area contributed by atoms with Crippen molar-refractivity contribution >= 4 is 22.7 Å². The molecule has 2 heterocycles. The summed E-state index contributed by atoms with van der Waals surface area (Å²) in [7, 11) is 2.19. The summed E-state index contributed by atoms with van der Waals surface area (Å²) in [5.41, 5.74) is 11.1. The van der Waals surface area contributed by atoms with Crippen LogP contribution in [0.4, 0.5) is 22.7 Å². The third-order valence-electron chi connectivity index (χ3n) is 5.65. The van der Waals surface area contributed by atoms with Gasteiger partial charge in [-0.05, 0) is 47.4 Å². The Morgan fingerprint density at radius 2 is 1.28 bits per heavy atom.